The lowest BCUT2D eigenvalue weighted by atomic mass is 10.3. The van der Waals surface area contributed by atoms with Gasteiger partial charge in [-0.05, 0) is 12.1 Å². The fourth-order valence-electron chi connectivity index (χ4n) is 0.407. The maximum absolute atomic E-state index is 7.09. The molecule has 0 aliphatic carbocycles. The molecule has 1 rings (SSSR count). The van der Waals surface area contributed by atoms with Crippen LogP contribution in [0.5, 0.6) is 0 Å². The molecular formula is C8H13N. The van der Waals surface area contributed by atoms with Gasteiger partial charge in [-0.2, -0.15) is 0 Å². The van der Waals surface area contributed by atoms with E-state index in [4.69, 9.17) is 7.10 Å². The van der Waals surface area contributed by atoms with Crippen LogP contribution >= 0.6 is 0 Å². The monoisotopic (exact) mass is 124 g/mol. The molecule has 0 radical (unpaired) electrons. The Morgan fingerprint density at radius 1 is 1.33 bits per heavy atom. The second-order valence-corrected chi connectivity index (χ2v) is 1.32. The Hall–Kier alpha value is -0.980. The molecule has 0 saturated carbocycles. The average molecular weight is 124 g/mol. The summed E-state index contributed by atoms with van der Waals surface area (Å²) in [5.41, 5.74) is 5.87. The molecule has 0 unspecified atom stereocenters. The van der Waals surface area contributed by atoms with E-state index in [1.54, 1.807) is 18.2 Å². The number of hydrogen-bond donors (Lipinski definition) is 1. The van der Waals surface area contributed by atoms with E-state index in [-0.39, 0.29) is 0 Å². The predicted molar refractivity (Wildman–Crippen MR) is 42.2 cm³/mol. The van der Waals surface area contributed by atoms with Crippen molar-refractivity contribution >= 4 is 5.69 Å². The highest BCUT2D eigenvalue weighted by Gasteiger charge is 1.72. The number of hydrogen-bond acceptors (Lipinski definition) is 1. The number of nitrogen functional groups attached to an aromatic ring is 1. The lowest BCUT2D eigenvalue weighted by Gasteiger charge is -1.83. The van der Waals surface area contributed by atoms with Gasteiger partial charge >= 0.3 is 0 Å². The Labute approximate surface area is 57.9 Å². The lowest BCUT2D eigenvalue weighted by Crippen LogP contribution is -1.79. The lowest BCUT2D eigenvalue weighted by molar-refractivity contribution is 1.50. The van der Waals surface area contributed by atoms with Crippen LogP contribution in [0.2, 0.25) is 0 Å². The van der Waals surface area contributed by atoms with E-state index < -0.39 is 0 Å². The van der Waals surface area contributed by atoms with E-state index in [0.717, 1.165) is 0 Å². The van der Waals surface area contributed by atoms with E-state index in [2.05, 4.69) is 0 Å². The quantitative estimate of drug-likeness (QED) is 0.527. The van der Waals surface area contributed by atoms with Crippen LogP contribution in [0, 0.1) is 0 Å². The normalized spacial score (nSPS) is 8.89. The molecule has 0 saturated heterocycles. The minimum absolute atomic E-state index is 0.396. The maximum Gasteiger partial charge on any atom is 0.0644 e. The third-order valence-electron chi connectivity index (χ3n) is 0.733. The summed E-state index contributed by atoms with van der Waals surface area (Å²) in [4.78, 5) is 0. The number of para-hydroxylation sites is 1. The molecular weight excluding hydrogens is 110 g/mol. The minimum Gasteiger partial charge on any atom is -0.399 e. The number of rotatable bonds is 0. The highest BCUT2D eigenvalue weighted by Crippen LogP contribution is 1.95. The molecule has 1 aromatic rings. The fourth-order valence-corrected chi connectivity index (χ4v) is 0.407. The first-order chi connectivity index (χ1) is 4.80. The third kappa shape index (κ3) is 3.59. The van der Waals surface area contributed by atoms with Crippen molar-refractivity contribution in [1.82, 2.24) is 0 Å². The van der Waals surface area contributed by atoms with E-state index in [0.29, 0.717) is 11.7 Å². The highest BCUT2D eigenvalue weighted by molar-refractivity contribution is 5.35. The zero-order chi connectivity index (χ0) is 7.98. The van der Waals surface area contributed by atoms with Crippen LogP contribution in [0.4, 0.5) is 5.69 Å². The summed E-state index contributed by atoms with van der Waals surface area (Å²) in [6, 6.07) is 7.37. The van der Waals surface area contributed by atoms with Crippen molar-refractivity contribution in [2.75, 3.05) is 5.73 Å². The summed E-state index contributed by atoms with van der Waals surface area (Å²) in [6.45, 7) is 4.00. The van der Waals surface area contributed by atoms with Crippen LogP contribution in [0.3, 0.4) is 0 Å². The average Bonchev–Trinajstić information content (AvgIpc) is 2.00. The Balaban J connectivity index is 0.000000371. The minimum atomic E-state index is 0.396. The van der Waals surface area contributed by atoms with Crippen LogP contribution in [-0.2, 0) is 0 Å². The van der Waals surface area contributed by atoms with Crippen LogP contribution < -0.4 is 5.73 Å². The van der Waals surface area contributed by atoms with E-state index in [9.17, 15) is 0 Å². The van der Waals surface area contributed by atoms with Crippen molar-refractivity contribution in [1.29, 1.82) is 0 Å². The van der Waals surface area contributed by atoms with E-state index >= 15 is 0 Å². The molecule has 9 heavy (non-hydrogen) atoms. The zero-order valence-electron chi connectivity index (χ0n) is 6.89. The van der Waals surface area contributed by atoms with Gasteiger partial charge in [-0.25, -0.2) is 0 Å². The summed E-state index contributed by atoms with van der Waals surface area (Å²) in [6.07, 6.45) is 0. The molecule has 1 aromatic carbocycles. The molecule has 0 aliphatic rings. The summed E-state index contributed by atoms with van der Waals surface area (Å²) < 4.78 is 7.09. The molecule has 0 aromatic heterocycles. The highest BCUT2D eigenvalue weighted by atomic mass is 14.5. The van der Waals surface area contributed by atoms with Crippen LogP contribution in [0.25, 0.3) is 0 Å². The summed E-state index contributed by atoms with van der Waals surface area (Å²) >= 11 is 0. The van der Waals surface area contributed by atoms with Crippen molar-refractivity contribution in [2.45, 2.75) is 13.8 Å². The molecule has 0 amide bonds. The molecule has 50 valence electrons. The third-order valence-corrected chi connectivity index (χ3v) is 0.733. The SMILES string of the molecule is CC.[2H]c1ccccc1N. The van der Waals surface area contributed by atoms with Crippen molar-refractivity contribution in [3.8, 4) is 0 Å². The van der Waals surface area contributed by atoms with Gasteiger partial charge in [-0.1, -0.05) is 32.0 Å². The second-order valence-electron chi connectivity index (χ2n) is 1.32. The first-order valence-corrected chi connectivity index (χ1v) is 3.12. The van der Waals surface area contributed by atoms with Gasteiger partial charge in [0.05, 0.1) is 1.37 Å². The summed E-state index contributed by atoms with van der Waals surface area (Å²) in [7, 11) is 0. The van der Waals surface area contributed by atoms with Gasteiger partial charge in [0.2, 0.25) is 0 Å². The van der Waals surface area contributed by atoms with Gasteiger partial charge < -0.3 is 5.73 Å². The van der Waals surface area contributed by atoms with Gasteiger partial charge in [-0.15, -0.1) is 0 Å². The van der Waals surface area contributed by atoms with Gasteiger partial charge in [0, 0.05) is 5.69 Å². The topological polar surface area (TPSA) is 26.0 Å². The summed E-state index contributed by atoms with van der Waals surface area (Å²) in [5, 5.41) is 0. The number of benzene rings is 1. The molecule has 1 heteroatoms. The Bertz CT molecular complexity index is 165. The van der Waals surface area contributed by atoms with Crippen molar-refractivity contribution in [3.05, 3.63) is 30.3 Å². The van der Waals surface area contributed by atoms with Crippen molar-refractivity contribution in [3.63, 3.8) is 0 Å². The van der Waals surface area contributed by atoms with Crippen LogP contribution in [0.15, 0.2) is 30.3 Å². The number of anilines is 1. The molecule has 0 heterocycles. The summed E-state index contributed by atoms with van der Waals surface area (Å²) in [5.74, 6) is 0. The maximum atomic E-state index is 7.09. The second kappa shape index (κ2) is 5.16. The van der Waals surface area contributed by atoms with Gasteiger partial charge in [0.15, 0.2) is 0 Å². The number of nitrogens with two attached hydrogens (primary N) is 1. The molecule has 0 fully saturated rings. The van der Waals surface area contributed by atoms with Crippen molar-refractivity contribution in [2.24, 2.45) is 0 Å². The van der Waals surface area contributed by atoms with Gasteiger partial charge in [0.1, 0.15) is 0 Å². The molecule has 0 bridgehead atoms. The zero-order valence-corrected chi connectivity index (χ0v) is 5.89. The predicted octanol–water partition coefficient (Wildman–Crippen LogP) is 2.29. The largest absolute Gasteiger partial charge is 0.399 e. The molecule has 2 N–H and O–H groups in total. The molecule has 0 spiro atoms. The standard InChI is InChI=1S/C6H7N.C2H6/c7-6-4-2-1-3-5-6;1-2/h1-5H,7H2;1-2H3/i4D;. The first-order valence-electron chi connectivity index (χ1n) is 3.62. The van der Waals surface area contributed by atoms with Crippen LogP contribution in [0.1, 0.15) is 15.2 Å². The Kier molecular flexibility index (Phi) is 3.52. The molecule has 1 nitrogen and oxygen atoms in total. The van der Waals surface area contributed by atoms with E-state index in [1.807, 2.05) is 19.9 Å². The Morgan fingerprint density at radius 3 is 2.33 bits per heavy atom. The van der Waals surface area contributed by atoms with Crippen LogP contribution in [-0.4, -0.2) is 0 Å². The fraction of sp³-hybridized carbons (Fsp3) is 0.250. The Morgan fingerprint density at radius 2 is 2.00 bits per heavy atom. The molecule has 0 aliphatic heterocycles. The van der Waals surface area contributed by atoms with Gasteiger partial charge in [-0.3, -0.25) is 0 Å². The smallest absolute Gasteiger partial charge is 0.0644 e. The van der Waals surface area contributed by atoms with E-state index in [1.165, 1.54) is 0 Å². The van der Waals surface area contributed by atoms with Gasteiger partial charge in [0.25, 0.3) is 0 Å². The van der Waals surface area contributed by atoms with Crippen molar-refractivity contribution < 1.29 is 1.37 Å². The molecule has 0 atom stereocenters. The first kappa shape index (κ1) is 6.14.